The number of rotatable bonds is 10. The van der Waals surface area contributed by atoms with E-state index < -0.39 is 22.2 Å². The van der Waals surface area contributed by atoms with E-state index in [0.29, 0.717) is 29.1 Å². The van der Waals surface area contributed by atoms with Gasteiger partial charge in [0.25, 0.3) is 5.69 Å². The van der Waals surface area contributed by atoms with E-state index in [1.165, 1.54) is 6.07 Å². The summed E-state index contributed by atoms with van der Waals surface area (Å²) in [5.41, 5.74) is 0.391. The molecule has 0 aliphatic heterocycles. The second kappa shape index (κ2) is 11.3. The van der Waals surface area contributed by atoms with Crippen LogP contribution in [0.2, 0.25) is 0 Å². The first-order chi connectivity index (χ1) is 14.4. The van der Waals surface area contributed by atoms with Crippen LogP contribution in [0.25, 0.3) is 0 Å². The molecule has 0 bridgehead atoms. The molecule has 0 saturated carbocycles. The predicted octanol–water partition coefficient (Wildman–Crippen LogP) is 4.06. The average Bonchev–Trinajstić information content (AvgIpc) is 2.72. The van der Waals surface area contributed by atoms with Gasteiger partial charge in [-0.05, 0) is 37.1 Å². The summed E-state index contributed by atoms with van der Waals surface area (Å²) < 4.78 is 10.1. The van der Waals surface area contributed by atoms with Crippen molar-refractivity contribution in [1.82, 2.24) is 0 Å². The van der Waals surface area contributed by atoms with Crippen LogP contribution in [0.1, 0.15) is 37.5 Å². The minimum atomic E-state index is -1.55. The zero-order chi connectivity index (χ0) is 22.1. The first kappa shape index (κ1) is 23.4. The molecule has 0 heterocycles. The zero-order valence-corrected chi connectivity index (χ0v) is 17.5. The van der Waals surface area contributed by atoms with Crippen molar-refractivity contribution in [1.29, 1.82) is 0 Å². The van der Waals surface area contributed by atoms with Gasteiger partial charge in [0.1, 0.15) is 5.75 Å². The molecule has 0 unspecified atom stereocenters. The molecule has 2 aromatic carbocycles. The van der Waals surface area contributed by atoms with Gasteiger partial charge in [-0.1, -0.05) is 31.2 Å². The number of para-hydroxylation sites is 1. The average molecular weight is 433 g/mol. The minimum absolute atomic E-state index is 0.0884. The molecule has 2 atom stereocenters. The van der Waals surface area contributed by atoms with Crippen LogP contribution in [0.3, 0.4) is 0 Å². The van der Waals surface area contributed by atoms with Crippen LogP contribution < -0.4 is 4.74 Å². The number of benzene rings is 2. The minimum Gasteiger partial charge on any atom is -0.464 e. The molecule has 0 saturated heterocycles. The molecular weight excluding hydrogens is 410 g/mol. The van der Waals surface area contributed by atoms with Gasteiger partial charge in [-0.15, -0.1) is 11.8 Å². The molecular formula is C21H23NO7S. The van der Waals surface area contributed by atoms with Crippen molar-refractivity contribution in [2.24, 2.45) is 0 Å². The summed E-state index contributed by atoms with van der Waals surface area (Å²) >= 11 is 0.987. The molecule has 0 spiro atoms. The molecule has 0 aliphatic carbocycles. The Bertz CT molecular complexity index is 885. The Morgan fingerprint density at radius 1 is 1.13 bits per heavy atom. The molecule has 0 radical (unpaired) electrons. The summed E-state index contributed by atoms with van der Waals surface area (Å²) in [6, 6.07) is 12.4. The van der Waals surface area contributed by atoms with Crippen LogP contribution in [-0.2, 0) is 14.3 Å². The normalized spacial score (nSPS) is 12.6. The largest absolute Gasteiger partial charge is 0.464 e. The summed E-state index contributed by atoms with van der Waals surface area (Å²) in [5.74, 6) is -0.855. The van der Waals surface area contributed by atoms with Gasteiger partial charge in [-0.3, -0.25) is 14.9 Å². The number of ether oxygens (including phenoxy) is 2. The third-order valence-electron chi connectivity index (χ3n) is 4.03. The fraction of sp³-hybridized carbons (Fsp3) is 0.333. The van der Waals surface area contributed by atoms with Gasteiger partial charge >= 0.3 is 11.9 Å². The van der Waals surface area contributed by atoms with Gasteiger partial charge in [-0.25, -0.2) is 4.79 Å². The quantitative estimate of drug-likeness (QED) is 0.196. The van der Waals surface area contributed by atoms with Crippen LogP contribution in [0.5, 0.6) is 5.75 Å². The molecule has 8 nitrogen and oxygen atoms in total. The molecule has 160 valence electrons. The van der Waals surface area contributed by atoms with Crippen LogP contribution >= 0.6 is 11.8 Å². The Labute approximate surface area is 178 Å². The topological polar surface area (TPSA) is 116 Å². The molecule has 1 N–H and O–H groups in total. The van der Waals surface area contributed by atoms with E-state index in [0.717, 1.165) is 11.8 Å². The fourth-order valence-electron chi connectivity index (χ4n) is 2.62. The number of nitro groups is 1. The molecule has 9 heteroatoms. The van der Waals surface area contributed by atoms with E-state index in [4.69, 9.17) is 9.47 Å². The first-order valence-corrected chi connectivity index (χ1v) is 10.3. The maximum atomic E-state index is 12.2. The Morgan fingerprint density at radius 2 is 1.80 bits per heavy atom. The molecule has 0 amide bonds. The molecule has 2 rings (SSSR count). The summed E-state index contributed by atoms with van der Waals surface area (Å²) in [4.78, 5) is 34.9. The number of nitrogens with zero attached hydrogens (tertiary/aromatic N) is 1. The highest BCUT2D eigenvalue weighted by Gasteiger charge is 2.31. The number of hydrogen-bond acceptors (Lipinski definition) is 8. The Kier molecular flexibility index (Phi) is 8.82. The lowest BCUT2D eigenvalue weighted by atomic mass is 10.1. The van der Waals surface area contributed by atoms with Crippen molar-refractivity contribution in [2.45, 2.75) is 42.9 Å². The van der Waals surface area contributed by atoms with Gasteiger partial charge in [0.2, 0.25) is 0 Å². The Hall–Kier alpha value is -2.91. The zero-order valence-electron chi connectivity index (χ0n) is 16.6. The molecule has 2 aromatic rings. The van der Waals surface area contributed by atoms with Gasteiger partial charge in [0.15, 0.2) is 6.10 Å². The maximum Gasteiger partial charge on any atom is 0.336 e. The molecule has 0 aliphatic rings. The van der Waals surface area contributed by atoms with Gasteiger partial charge in [0, 0.05) is 12.5 Å². The lowest BCUT2D eigenvalue weighted by Gasteiger charge is -2.22. The van der Waals surface area contributed by atoms with Crippen molar-refractivity contribution in [3.63, 3.8) is 0 Å². The number of hydrogen-bond donors (Lipinski definition) is 1. The van der Waals surface area contributed by atoms with Crippen LogP contribution in [0.15, 0.2) is 53.4 Å². The van der Waals surface area contributed by atoms with Crippen molar-refractivity contribution in [2.75, 3.05) is 6.61 Å². The number of carbonyl (C=O) groups is 2. The van der Waals surface area contributed by atoms with E-state index in [1.807, 2.05) is 6.92 Å². The summed E-state index contributed by atoms with van der Waals surface area (Å²) in [5, 5.41) is 21.1. The van der Waals surface area contributed by atoms with Gasteiger partial charge < -0.3 is 14.6 Å². The smallest absolute Gasteiger partial charge is 0.336 e. The fourth-order valence-corrected chi connectivity index (χ4v) is 3.85. The van der Waals surface area contributed by atoms with Crippen LogP contribution in [0.4, 0.5) is 5.69 Å². The standard InChI is InChI=1S/C21H23NO7S/c1-3-7-18(23)29-15-12-10-14(11-13-15)20(19(24)21(25)28-4-2)30-17-9-6-5-8-16(17)22(26)27/h5-6,8-13,19-20,24H,3-4,7H2,1-2H3/t19-,20+/m1/s1. The number of esters is 2. The number of carbonyl (C=O) groups excluding carboxylic acids is 2. The number of thioether (sulfide) groups is 1. The number of aliphatic hydroxyl groups excluding tert-OH is 1. The lowest BCUT2D eigenvalue weighted by molar-refractivity contribution is -0.387. The number of aliphatic hydroxyl groups is 1. The maximum absolute atomic E-state index is 12.2. The van der Waals surface area contributed by atoms with Gasteiger partial charge in [0.05, 0.1) is 21.7 Å². The van der Waals surface area contributed by atoms with Crippen molar-refractivity contribution < 1.29 is 29.1 Å². The molecule has 0 aromatic heterocycles. The highest BCUT2D eigenvalue weighted by molar-refractivity contribution is 7.99. The van der Waals surface area contributed by atoms with Crippen molar-refractivity contribution in [3.8, 4) is 5.75 Å². The van der Waals surface area contributed by atoms with E-state index >= 15 is 0 Å². The van der Waals surface area contributed by atoms with Crippen molar-refractivity contribution >= 4 is 29.4 Å². The number of nitro benzene ring substituents is 1. The highest BCUT2D eigenvalue weighted by atomic mass is 32.2. The monoisotopic (exact) mass is 433 g/mol. The Balaban J connectivity index is 2.33. The Morgan fingerprint density at radius 3 is 2.40 bits per heavy atom. The van der Waals surface area contributed by atoms with Crippen LogP contribution in [-0.4, -0.2) is 34.7 Å². The van der Waals surface area contributed by atoms with E-state index in [1.54, 1.807) is 49.4 Å². The summed E-state index contributed by atoms with van der Waals surface area (Å²) in [7, 11) is 0. The summed E-state index contributed by atoms with van der Waals surface area (Å²) in [6.45, 7) is 3.57. The molecule has 0 fully saturated rings. The SMILES string of the molecule is CCCC(=O)Oc1ccc([C@H](Sc2ccccc2[N+](=O)[O-])[C@@H](O)C(=O)OCC)cc1. The highest BCUT2D eigenvalue weighted by Crippen LogP contribution is 2.42. The van der Waals surface area contributed by atoms with E-state index in [2.05, 4.69) is 0 Å². The predicted molar refractivity (Wildman–Crippen MR) is 111 cm³/mol. The van der Waals surface area contributed by atoms with Crippen LogP contribution in [0, 0.1) is 10.1 Å². The third-order valence-corrected chi connectivity index (χ3v) is 5.41. The van der Waals surface area contributed by atoms with E-state index in [-0.39, 0.29) is 18.3 Å². The molecule has 30 heavy (non-hydrogen) atoms. The van der Waals surface area contributed by atoms with E-state index in [9.17, 15) is 24.8 Å². The van der Waals surface area contributed by atoms with Gasteiger partial charge in [-0.2, -0.15) is 0 Å². The summed E-state index contributed by atoms with van der Waals surface area (Å²) in [6.07, 6.45) is -0.597. The first-order valence-electron chi connectivity index (χ1n) is 9.42. The van der Waals surface area contributed by atoms with Crippen molar-refractivity contribution in [3.05, 3.63) is 64.2 Å². The second-order valence-corrected chi connectivity index (χ2v) is 7.44. The third kappa shape index (κ3) is 6.30. The lowest BCUT2D eigenvalue weighted by Crippen LogP contribution is -2.28. The second-order valence-electron chi connectivity index (χ2n) is 6.25.